The van der Waals surface area contributed by atoms with Crippen molar-refractivity contribution in [2.45, 2.75) is 26.8 Å². The van der Waals surface area contributed by atoms with Gasteiger partial charge in [0.25, 0.3) is 5.91 Å². The van der Waals surface area contributed by atoms with Crippen molar-refractivity contribution >= 4 is 17.6 Å². The highest BCUT2D eigenvalue weighted by Gasteiger charge is 2.24. The number of esters is 1. The summed E-state index contributed by atoms with van der Waals surface area (Å²) in [5, 5.41) is 2.84. The minimum absolute atomic E-state index is 0.0403. The number of hydrogen-bond acceptors (Lipinski definition) is 5. The van der Waals surface area contributed by atoms with E-state index in [-0.39, 0.29) is 24.5 Å². The zero-order chi connectivity index (χ0) is 19.2. The topological polar surface area (TPSA) is 61.9 Å². The summed E-state index contributed by atoms with van der Waals surface area (Å²) in [7, 11) is 7.93. The third kappa shape index (κ3) is 6.74. The first-order chi connectivity index (χ1) is 11.5. The number of anilines is 1. The van der Waals surface area contributed by atoms with Crippen LogP contribution in [0.1, 0.15) is 32.4 Å². The number of nitrogens with zero attached hydrogens (tertiary/aromatic N) is 2. The lowest BCUT2D eigenvalue weighted by Crippen LogP contribution is -2.37. The maximum Gasteiger partial charge on any atom is 0.311 e. The molecular weight excluding hydrogens is 318 g/mol. The Morgan fingerprint density at radius 1 is 1.08 bits per heavy atom. The van der Waals surface area contributed by atoms with Gasteiger partial charge in [-0.05, 0) is 52.6 Å². The molecule has 0 aromatic heterocycles. The van der Waals surface area contributed by atoms with E-state index in [0.29, 0.717) is 6.54 Å². The average Bonchev–Trinajstić information content (AvgIpc) is 2.51. The van der Waals surface area contributed by atoms with Crippen LogP contribution in [0, 0.1) is 5.41 Å². The number of carbonyl (C=O) groups is 2. The van der Waals surface area contributed by atoms with Gasteiger partial charge in [0, 0.05) is 26.3 Å². The number of hydrogen-bond donors (Lipinski definition) is 1. The quantitative estimate of drug-likeness (QED) is 0.764. The van der Waals surface area contributed by atoms with Crippen LogP contribution in [-0.2, 0) is 14.3 Å². The number of carbonyl (C=O) groups excluding carboxylic acids is 2. The molecule has 1 aromatic rings. The van der Waals surface area contributed by atoms with Crippen LogP contribution in [0.15, 0.2) is 24.3 Å². The molecule has 0 spiro atoms. The van der Waals surface area contributed by atoms with Gasteiger partial charge in [-0.1, -0.05) is 12.1 Å². The number of rotatable bonds is 7. The molecule has 0 saturated carbocycles. The van der Waals surface area contributed by atoms with E-state index < -0.39 is 5.41 Å². The number of nitrogens with one attached hydrogen (secondary N) is 1. The predicted molar refractivity (Wildman–Crippen MR) is 101 cm³/mol. The van der Waals surface area contributed by atoms with Crippen LogP contribution in [-0.4, -0.2) is 58.1 Å². The summed E-state index contributed by atoms with van der Waals surface area (Å²) in [6.45, 7) is 5.46. The van der Waals surface area contributed by atoms with Crippen molar-refractivity contribution in [1.82, 2.24) is 10.2 Å². The van der Waals surface area contributed by atoms with Crippen molar-refractivity contribution in [2.75, 3.05) is 46.2 Å². The number of amides is 1. The second kappa shape index (κ2) is 8.85. The fraction of sp³-hybridized carbons (Fsp3) is 0.579. The molecule has 1 N–H and O–H groups in total. The summed E-state index contributed by atoms with van der Waals surface area (Å²) in [6.07, 6.45) is 0. The Kier molecular flexibility index (Phi) is 7.42. The van der Waals surface area contributed by atoms with Gasteiger partial charge >= 0.3 is 5.97 Å². The Bertz CT molecular complexity index is 575. The molecule has 1 aromatic carbocycles. The molecule has 6 nitrogen and oxygen atoms in total. The Balaban J connectivity index is 2.61. The molecule has 0 radical (unpaired) electrons. The van der Waals surface area contributed by atoms with E-state index in [1.54, 1.807) is 20.8 Å². The molecular formula is C19H31N3O3. The van der Waals surface area contributed by atoms with Crippen LogP contribution < -0.4 is 10.2 Å². The van der Waals surface area contributed by atoms with Crippen LogP contribution >= 0.6 is 0 Å². The minimum Gasteiger partial charge on any atom is -0.455 e. The third-order valence-electron chi connectivity index (χ3n) is 3.86. The van der Waals surface area contributed by atoms with E-state index in [2.05, 4.69) is 29.6 Å². The summed E-state index contributed by atoms with van der Waals surface area (Å²) < 4.78 is 5.04. The lowest BCUT2D eigenvalue weighted by atomic mass is 9.97. The summed E-state index contributed by atoms with van der Waals surface area (Å²) in [5.41, 5.74) is 1.63. The molecule has 0 heterocycles. The molecule has 6 heteroatoms. The molecule has 0 aliphatic heterocycles. The molecule has 25 heavy (non-hydrogen) atoms. The fourth-order valence-electron chi connectivity index (χ4n) is 2.20. The first-order valence-electron chi connectivity index (χ1n) is 8.40. The molecule has 0 aliphatic rings. The zero-order valence-electron chi connectivity index (χ0n) is 16.4. The number of ether oxygens (including phenoxy) is 1. The van der Waals surface area contributed by atoms with E-state index in [0.717, 1.165) is 11.3 Å². The summed E-state index contributed by atoms with van der Waals surface area (Å²) in [6, 6.07) is 8.27. The summed E-state index contributed by atoms with van der Waals surface area (Å²) in [5.74, 6) is -0.680. The van der Waals surface area contributed by atoms with Gasteiger partial charge in [0.1, 0.15) is 0 Å². The van der Waals surface area contributed by atoms with Gasteiger partial charge < -0.3 is 19.9 Å². The van der Waals surface area contributed by atoms with Crippen LogP contribution in [0.3, 0.4) is 0 Å². The lowest BCUT2D eigenvalue weighted by Gasteiger charge is -2.26. The zero-order valence-corrected chi connectivity index (χ0v) is 16.4. The Morgan fingerprint density at radius 2 is 1.64 bits per heavy atom. The van der Waals surface area contributed by atoms with Crippen molar-refractivity contribution in [1.29, 1.82) is 0 Å². The highest BCUT2D eigenvalue weighted by atomic mass is 16.5. The number of benzene rings is 1. The predicted octanol–water partition coefficient (Wildman–Crippen LogP) is 2.06. The van der Waals surface area contributed by atoms with Gasteiger partial charge in [0.05, 0.1) is 11.5 Å². The van der Waals surface area contributed by atoms with Crippen molar-refractivity contribution in [3.8, 4) is 0 Å². The molecule has 1 atom stereocenters. The van der Waals surface area contributed by atoms with Gasteiger partial charge in [0.15, 0.2) is 6.61 Å². The summed E-state index contributed by atoms with van der Waals surface area (Å²) >= 11 is 0. The van der Waals surface area contributed by atoms with Gasteiger partial charge in [0.2, 0.25) is 0 Å². The first kappa shape index (κ1) is 21.0. The fourth-order valence-corrected chi connectivity index (χ4v) is 2.20. The Labute approximate surface area is 151 Å². The SMILES string of the molecule is CN(C)c1ccc(C(CNC(=O)COC(=O)C(C)(C)C)N(C)C)cc1. The van der Waals surface area contributed by atoms with E-state index in [4.69, 9.17) is 4.74 Å². The number of likely N-dealkylation sites (N-methyl/N-ethyl adjacent to an activating group) is 1. The minimum atomic E-state index is -0.610. The van der Waals surface area contributed by atoms with Crippen LogP contribution in [0.5, 0.6) is 0 Å². The molecule has 1 amide bonds. The maximum absolute atomic E-state index is 12.0. The average molecular weight is 349 g/mol. The van der Waals surface area contributed by atoms with Gasteiger partial charge in [-0.3, -0.25) is 9.59 Å². The molecule has 0 fully saturated rings. The molecule has 0 aliphatic carbocycles. The van der Waals surface area contributed by atoms with Crippen LogP contribution in [0.25, 0.3) is 0 Å². The van der Waals surface area contributed by atoms with Gasteiger partial charge in [-0.2, -0.15) is 0 Å². The van der Waals surface area contributed by atoms with E-state index in [9.17, 15) is 9.59 Å². The van der Waals surface area contributed by atoms with Gasteiger partial charge in [-0.25, -0.2) is 0 Å². The van der Waals surface area contributed by atoms with Gasteiger partial charge in [-0.15, -0.1) is 0 Å². The van der Waals surface area contributed by atoms with Crippen molar-refractivity contribution in [3.63, 3.8) is 0 Å². The smallest absolute Gasteiger partial charge is 0.311 e. The van der Waals surface area contributed by atoms with Crippen LogP contribution in [0.4, 0.5) is 5.69 Å². The first-order valence-corrected chi connectivity index (χ1v) is 8.40. The molecule has 1 rings (SSSR count). The van der Waals surface area contributed by atoms with E-state index >= 15 is 0 Å². The standard InChI is InChI=1S/C19H31N3O3/c1-19(2,3)18(24)25-13-17(23)20-12-16(22(6)7)14-8-10-15(11-9-14)21(4)5/h8-11,16H,12-13H2,1-7H3,(H,20,23). The van der Waals surface area contributed by atoms with Crippen molar-refractivity contribution in [2.24, 2.45) is 5.41 Å². The van der Waals surface area contributed by atoms with Crippen molar-refractivity contribution in [3.05, 3.63) is 29.8 Å². The molecule has 0 saturated heterocycles. The third-order valence-corrected chi connectivity index (χ3v) is 3.86. The Hall–Kier alpha value is -2.08. The molecule has 1 unspecified atom stereocenters. The highest BCUT2D eigenvalue weighted by Crippen LogP contribution is 2.21. The molecule has 0 bridgehead atoms. The van der Waals surface area contributed by atoms with Crippen molar-refractivity contribution < 1.29 is 14.3 Å². The summed E-state index contributed by atoms with van der Waals surface area (Å²) in [4.78, 5) is 27.8. The maximum atomic E-state index is 12.0. The monoisotopic (exact) mass is 349 g/mol. The van der Waals surface area contributed by atoms with E-state index in [1.165, 1.54) is 0 Å². The molecule has 140 valence electrons. The Morgan fingerprint density at radius 3 is 2.08 bits per heavy atom. The normalized spacial score (nSPS) is 12.6. The van der Waals surface area contributed by atoms with Crippen LogP contribution in [0.2, 0.25) is 0 Å². The largest absolute Gasteiger partial charge is 0.455 e. The lowest BCUT2D eigenvalue weighted by molar-refractivity contribution is -0.156. The highest BCUT2D eigenvalue weighted by molar-refractivity contribution is 5.82. The second-order valence-electron chi connectivity index (χ2n) is 7.60. The second-order valence-corrected chi connectivity index (χ2v) is 7.60. The van der Waals surface area contributed by atoms with E-state index in [1.807, 2.05) is 38.0 Å².